The normalized spacial score (nSPS) is 13.9. The Kier molecular flexibility index (Phi) is 4.92. The molecule has 0 atom stereocenters. The van der Waals surface area contributed by atoms with Crippen molar-refractivity contribution >= 4 is 10.9 Å². The molecule has 0 saturated carbocycles. The lowest BCUT2D eigenvalue weighted by Crippen LogP contribution is -2.35. The fourth-order valence-electron chi connectivity index (χ4n) is 4.76. The number of hydrogen-bond acceptors (Lipinski definition) is 4. The maximum atomic E-state index is 12.6. The molecular formula is C27H24N4O2. The first-order chi connectivity index (χ1) is 16.2. The number of hydrogen-bond donors (Lipinski definition) is 1. The summed E-state index contributed by atoms with van der Waals surface area (Å²) in [7, 11) is 0. The van der Waals surface area contributed by atoms with E-state index >= 15 is 0 Å². The van der Waals surface area contributed by atoms with Crippen molar-refractivity contribution in [3.63, 3.8) is 0 Å². The van der Waals surface area contributed by atoms with Crippen LogP contribution in [0, 0.1) is 0 Å². The van der Waals surface area contributed by atoms with E-state index in [2.05, 4.69) is 69.2 Å². The van der Waals surface area contributed by atoms with E-state index in [-0.39, 0.29) is 5.56 Å². The van der Waals surface area contributed by atoms with Gasteiger partial charge in [-0.3, -0.25) is 9.69 Å². The van der Waals surface area contributed by atoms with Gasteiger partial charge in [0.15, 0.2) is 11.6 Å². The summed E-state index contributed by atoms with van der Waals surface area (Å²) < 4.78 is 7.77. The van der Waals surface area contributed by atoms with Crippen LogP contribution in [-0.2, 0) is 26.1 Å². The molecule has 1 aliphatic rings. The second-order valence-electron chi connectivity index (χ2n) is 8.56. The molecule has 0 spiro atoms. The maximum absolute atomic E-state index is 12.6. The molecule has 0 bridgehead atoms. The standard InChI is InChI=1S/C27H24N4O2/c32-27-22-12-13-30(18-23(22)28-26(29-27)25-11-6-14-33-25)16-20-17-31(15-19-7-2-1-3-8-19)24-10-5-4-9-21(20)24/h1-11,14,17H,12-13,15-16,18H2,(H,28,29,32). The van der Waals surface area contributed by atoms with E-state index in [4.69, 9.17) is 9.40 Å². The largest absolute Gasteiger partial charge is 0.461 e. The van der Waals surface area contributed by atoms with Gasteiger partial charge < -0.3 is 14.0 Å². The summed E-state index contributed by atoms with van der Waals surface area (Å²) in [6.45, 7) is 3.13. The van der Waals surface area contributed by atoms with Crippen molar-refractivity contribution in [2.45, 2.75) is 26.1 Å². The molecule has 33 heavy (non-hydrogen) atoms. The topological polar surface area (TPSA) is 67.1 Å². The number of rotatable bonds is 5. The summed E-state index contributed by atoms with van der Waals surface area (Å²) in [6, 6.07) is 22.7. The Morgan fingerprint density at radius 2 is 1.82 bits per heavy atom. The van der Waals surface area contributed by atoms with Gasteiger partial charge in [-0.05, 0) is 35.7 Å². The molecule has 0 radical (unpaired) electrons. The zero-order valence-electron chi connectivity index (χ0n) is 18.2. The minimum Gasteiger partial charge on any atom is -0.461 e. The van der Waals surface area contributed by atoms with E-state index in [1.807, 2.05) is 12.1 Å². The van der Waals surface area contributed by atoms with Crippen LogP contribution in [0.5, 0.6) is 0 Å². The summed E-state index contributed by atoms with van der Waals surface area (Å²) in [6.07, 6.45) is 4.55. The number of nitrogens with one attached hydrogen (secondary N) is 1. The fraction of sp³-hybridized carbons (Fsp3) is 0.185. The molecule has 0 saturated heterocycles. The SMILES string of the molecule is O=c1[nH]c(-c2ccco2)nc2c1CCN(Cc1cn(Cc3ccccc3)c3ccccc13)C2. The van der Waals surface area contributed by atoms with Gasteiger partial charge in [-0.25, -0.2) is 4.98 Å². The van der Waals surface area contributed by atoms with E-state index in [0.717, 1.165) is 30.9 Å². The van der Waals surface area contributed by atoms with Gasteiger partial charge in [0.2, 0.25) is 0 Å². The second kappa shape index (κ2) is 8.22. The number of furan rings is 1. The summed E-state index contributed by atoms with van der Waals surface area (Å²) in [5, 5.41) is 1.27. The van der Waals surface area contributed by atoms with E-state index in [0.29, 0.717) is 24.6 Å². The highest BCUT2D eigenvalue weighted by molar-refractivity contribution is 5.84. The van der Waals surface area contributed by atoms with Crippen LogP contribution in [0.1, 0.15) is 22.4 Å². The number of aromatic nitrogens is 3. The first kappa shape index (κ1) is 19.8. The van der Waals surface area contributed by atoms with E-state index in [9.17, 15) is 4.79 Å². The Labute approximate surface area is 191 Å². The van der Waals surface area contributed by atoms with Crippen LogP contribution in [0.2, 0.25) is 0 Å². The van der Waals surface area contributed by atoms with Crippen LogP contribution in [0.3, 0.4) is 0 Å². The number of aromatic amines is 1. The first-order valence-corrected chi connectivity index (χ1v) is 11.2. The number of fused-ring (bicyclic) bond motifs is 2. The van der Waals surface area contributed by atoms with Crippen molar-refractivity contribution in [3.05, 3.63) is 112 Å². The fourth-order valence-corrected chi connectivity index (χ4v) is 4.76. The van der Waals surface area contributed by atoms with Gasteiger partial charge in [0, 0.05) is 48.8 Å². The van der Waals surface area contributed by atoms with Gasteiger partial charge in [-0.1, -0.05) is 48.5 Å². The predicted molar refractivity (Wildman–Crippen MR) is 128 cm³/mol. The molecule has 5 aromatic rings. The molecule has 6 nitrogen and oxygen atoms in total. The van der Waals surface area contributed by atoms with Gasteiger partial charge in [0.1, 0.15) is 0 Å². The molecule has 6 heteroatoms. The van der Waals surface area contributed by atoms with E-state index < -0.39 is 0 Å². The van der Waals surface area contributed by atoms with Crippen LogP contribution in [0.15, 0.2) is 88.4 Å². The van der Waals surface area contributed by atoms with E-state index in [1.165, 1.54) is 22.0 Å². The smallest absolute Gasteiger partial charge is 0.254 e. The molecule has 1 N–H and O–H groups in total. The van der Waals surface area contributed by atoms with Crippen molar-refractivity contribution in [1.29, 1.82) is 0 Å². The third kappa shape index (κ3) is 3.79. The zero-order valence-corrected chi connectivity index (χ0v) is 18.2. The third-order valence-corrected chi connectivity index (χ3v) is 6.37. The molecule has 1 aliphatic heterocycles. The van der Waals surface area contributed by atoms with E-state index in [1.54, 1.807) is 12.3 Å². The number of nitrogens with zero attached hydrogens (tertiary/aromatic N) is 3. The van der Waals surface area contributed by atoms with Crippen molar-refractivity contribution in [1.82, 2.24) is 19.4 Å². The van der Waals surface area contributed by atoms with Crippen molar-refractivity contribution in [2.75, 3.05) is 6.54 Å². The van der Waals surface area contributed by atoms with Crippen molar-refractivity contribution in [2.24, 2.45) is 0 Å². The minimum atomic E-state index is -0.0643. The van der Waals surface area contributed by atoms with Crippen LogP contribution in [0.4, 0.5) is 0 Å². The first-order valence-electron chi connectivity index (χ1n) is 11.2. The van der Waals surface area contributed by atoms with Gasteiger partial charge in [0.05, 0.1) is 12.0 Å². The lowest BCUT2D eigenvalue weighted by atomic mass is 10.1. The van der Waals surface area contributed by atoms with Gasteiger partial charge in [-0.2, -0.15) is 0 Å². The zero-order chi connectivity index (χ0) is 22.2. The van der Waals surface area contributed by atoms with Crippen LogP contribution in [-0.4, -0.2) is 26.0 Å². The highest BCUT2D eigenvalue weighted by Gasteiger charge is 2.23. The average Bonchev–Trinajstić information content (AvgIpc) is 3.49. The molecule has 4 heterocycles. The average molecular weight is 437 g/mol. The second-order valence-corrected chi connectivity index (χ2v) is 8.56. The molecule has 0 amide bonds. The van der Waals surface area contributed by atoms with Crippen molar-refractivity contribution in [3.8, 4) is 11.6 Å². The maximum Gasteiger partial charge on any atom is 0.254 e. The molecule has 0 unspecified atom stereocenters. The monoisotopic (exact) mass is 436 g/mol. The molecule has 0 aliphatic carbocycles. The number of para-hydroxylation sites is 1. The Balaban J connectivity index is 1.29. The minimum absolute atomic E-state index is 0.0643. The summed E-state index contributed by atoms with van der Waals surface area (Å²) in [5.74, 6) is 1.07. The van der Waals surface area contributed by atoms with Crippen LogP contribution in [0.25, 0.3) is 22.5 Å². The molecule has 3 aromatic heterocycles. The van der Waals surface area contributed by atoms with Gasteiger partial charge >= 0.3 is 0 Å². The Bertz CT molecular complexity index is 1470. The van der Waals surface area contributed by atoms with Gasteiger partial charge in [-0.15, -0.1) is 0 Å². The number of benzene rings is 2. The van der Waals surface area contributed by atoms with Crippen molar-refractivity contribution < 1.29 is 4.42 Å². The van der Waals surface area contributed by atoms with Crippen LogP contribution < -0.4 is 5.56 Å². The Hall–Kier alpha value is -3.90. The molecule has 164 valence electrons. The quantitative estimate of drug-likeness (QED) is 0.438. The van der Waals surface area contributed by atoms with Crippen LogP contribution >= 0.6 is 0 Å². The highest BCUT2D eigenvalue weighted by atomic mass is 16.3. The number of H-pyrrole nitrogens is 1. The third-order valence-electron chi connectivity index (χ3n) is 6.37. The summed E-state index contributed by atoms with van der Waals surface area (Å²) in [4.78, 5) is 22.6. The van der Waals surface area contributed by atoms with Gasteiger partial charge in [0.25, 0.3) is 5.56 Å². The predicted octanol–water partition coefficient (Wildman–Crippen LogP) is 4.59. The molecule has 6 rings (SSSR count). The molecule has 0 fully saturated rings. The summed E-state index contributed by atoms with van der Waals surface area (Å²) >= 11 is 0. The molecular weight excluding hydrogens is 412 g/mol. The lowest BCUT2D eigenvalue weighted by molar-refractivity contribution is 0.241. The summed E-state index contributed by atoms with van der Waals surface area (Å²) in [5.41, 5.74) is 5.37. The lowest BCUT2D eigenvalue weighted by Gasteiger charge is -2.27. The molecule has 2 aromatic carbocycles. The highest BCUT2D eigenvalue weighted by Crippen LogP contribution is 2.26. The Morgan fingerprint density at radius 1 is 0.970 bits per heavy atom. The Morgan fingerprint density at radius 3 is 2.67 bits per heavy atom.